The minimum atomic E-state index is -3.98. The predicted octanol–water partition coefficient (Wildman–Crippen LogP) is 0.946. The summed E-state index contributed by atoms with van der Waals surface area (Å²) in [4.78, 5) is 9.17. The fraction of sp³-hybridized carbons (Fsp3) is 0.182. The minimum Gasteiger partial charge on any atom is -0.276 e. The van der Waals surface area contributed by atoms with E-state index in [1.165, 1.54) is 4.68 Å². The van der Waals surface area contributed by atoms with Crippen molar-refractivity contribution in [2.75, 3.05) is 0 Å². The highest BCUT2D eigenvalue weighted by Crippen LogP contribution is 2.20. The fourth-order valence-corrected chi connectivity index (χ4v) is 2.62. The average Bonchev–Trinajstić information content (AvgIpc) is 2.82. The molecule has 0 aliphatic carbocycles. The van der Waals surface area contributed by atoms with E-state index < -0.39 is 26.5 Å². The first-order valence-electron chi connectivity index (χ1n) is 5.72. The molecule has 0 aliphatic rings. The molecule has 0 spiro atoms. The van der Waals surface area contributed by atoms with Crippen molar-refractivity contribution >= 4 is 15.7 Å². The summed E-state index contributed by atoms with van der Waals surface area (Å²) < 4.78 is 41.1. The monoisotopic (exact) mass is 314 g/mol. The van der Waals surface area contributed by atoms with Crippen molar-refractivity contribution in [2.45, 2.75) is 11.4 Å². The van der Waals surface area contributed by atoms with Crippen molar-refractivity contribution in [1.82, 2.24) is 14.5 Å². The Kier molecular flexibility index (Phi) is 4.00. The van der Waals surface area contributed by atoms with Gasteiger partial charge in [0.25, 0.3) is 0 Å². The van der Waals surface area contributed by atoms with E-state index in [4.69, 9.17) is 0 Å². The molecule has 10 heteroatoms. The van der Waals surface area contributed by atoms with E-state index in [0.717, 1.165) is 12.1 Å². The van der Waals surface area contributed by atoms with Crippen molar-refractivity contribution in [3.8, 4) is 0 Å². The Balaban J connectivity index is 2.19. The number of nitro groups is 1. The van der Waals surface area contributed by atoms with Gasteiger partial charge in [-0.15, -0.1) is 0 Å². The van der Waals surface area contributed by atoms with Crippen LogP contribution >= 0.6 is 0 Å². The van der Waals surface area contributed by atoms with Crippen molar-refractivity contribution in [3.63, 3.8) is 0 Å². The van der Waals surface area contributed by atoms with Crippen molar-refractivity contribution < 1.29 is 17.7 Å². The number of nitrogens with one attached hydrogen (secondary N) is 1. The molecule has 0 amide bonds. The van der Waals surface area contributed by atoms with E-state index in [9.17, 15) is 22.9 Å². The van der Waals surface area contributed by atoms with Crippen LogP contribution in [-0.4, -0.2) is 23.1 Å². The lowest BCUT2D eigenvalue weighted by Crippen LogP contribution is -2.23. The minimum absolute atomic E-state index is 0.0677. The van der Waals surface area contributed by atoms with Gasteiger partial charge < -0.3 is 0 Å². The molecule has 1 aromatic carbocycles. The lowest BCUT2D eigenvalue weighted by Gasteiger charge is -2.05. The SMILES string of the molecule is Cn1ccc(CNS(=O)(=O)c2ccc([N+](=O)[O-])c(F)c2)n1. The first-order chi connectivity index (χ1) is 9.79. The normalized spacial score (nSPS) is 11.5. The van der Waals surface area contributed by atoms with Crippen LogP contribution < -0.4 is 4.72 Å². The molecule has 2 rings (SSSR count). The Morgan fingerprint density at radius 2 is 2.14 bits per heavy atom. The molecule has 0 unspecified atom stereocenters. The summed E-state index contributed by atoms with van der Waals surface area (Å²) in [5.74, 6) is -1.21. The first-order valence-corrected chi connectivity index (χ1v) is 7.20. The van der Waals surface area contributed by atoms with Crippen LogP contribution in [0.3, 0.4) is 0 Å². The molecular formula is C11H11FN4O4S. The molecule has 1 aromatic heterocycles. The maximum atomic E-state index is 13.4. The lowest BCUT2D eigenvalue weighted by atomic mass is 10.3. The summed E-state index contributed by atoms with van der Waals surface area (Å²) in [6.45, 7) is -0.0677. The number of rotatable bonds is 5. The first kappa shape index (κ1) is 15.1. The number of benzene rings is 1. The van der Waals surface area contributed by atoms with Crippen molar-refractivity contribution in [1.29, 1.82) is 0 Å². The molecule has 0 saturated heterocycles. The third kappa shape index (κ3) is 3.41. The number of aryl methyl sites for hydroxylation is 1. The molecule has 0 fully saturated rings. The molecule has 0 aliphatic heterocycles. The van der Waals surface area contributed by atoms with Gasteiger partial charge in [-0.1, -0.05) is 0 Å². The van der Waals surface area contributed by atoms with Gasteiger partial charge in [0.05, 0.1) is 22.1 Å². The molecule has 0 bridgehead atoms. The Bertz CT molecular complexity index is 787. The Labute approximate surface area is 119 Å². The van der Waals surface area contributed by atoms with E-state index in [-0.39, 0.29) is 11.4 Å². The Morgan fingerprint density at radius 3 is 2.67 bits per heavy atom. The zero-order valence-corrected chi connectivity index (χ0v) is 11.7. The van der Waals surface area contributed by atoms with Crippen LogP contribution in [0.25, 0.3) is 0 Å². The number of halogens is 1. The van der Waals surface area contributed by atoms with E-state index >= 15 is 0 Å². The summed E-state index contributed by atoms with van der Waals surface area (Å²) in [6.07, 6.45) is 1.65. The van der Waals surface area contributed by atoms with Crippen LogP contribution in [0, 0.1) is 15.9 Å². The molecule has 1 heterocycles. The number of nitro benzene ring substituents is 1. The zero-order chi connectivity index (χ0) is 15.6. The molecule has 0 saturated carbocycles. The Morgan fingerprint density at radius 1 is 1.43 bits per heavy atom. The lowest BCUT2D eigenvalue weighted by molar-refractivity contribution is -0.387. The quantitative estimate of drug-likeness (QED) is 0.653. The molecule has 8 nitrogen and oxygen atoms in total. The molecule has 2 aromatic rings. The highest BCUT2D eigenvalue weighted by molar-refractivity contribution is 7.89. The smallest absolute Gasteiger partial charge is 0.276 e. The summed E-state index contributed by atoms with van der Waals surface area (Å²) in [5, 5.41) is 14.5. The summed E-state index contributed by atoms with van der Waals surface area (Å²) in [6, 6.07) is 4.02. The van der Waals surface area contributed by atoms with Crippen molar-refractivity contribution in [2.24, 2.45) is 7.05 Å². The standard InChI is InChI=1S/C11H11FN4O4S/c1-15-5-4-8(14-15)7-13-21(19,20)9-2-3-11(16(17)18)10(12)6-9/h2-6,13H,7H2,1H3. The highest BCUT2D eigenvalue weighted by Gasteiger charge is 2.20. The Hall–Kier alpha value is -2.33. The predicted molar refractivity (Wildman–Crippen MR) is 70.3 cm³/mol. The van der Waals surface area contributed by atoms with Gasteiger partial charge >= 0.3 is 5.69 Å². The van der Waals surface area contributed by atoms with Crippen molar-refractivity contribution in [3.05, 3.63) is 52.1 Å². The van der Waals surface area contributed by atoms with Gasteiger partial charge in [0.1, 0.15) is 0 Å². The maximum absolute atomic E-state index is 13.4. The zero-order valence-electron chi connectivity index (χ0n) is 10.9. The number of hydrogen-bond donors (Lipinski definition) is 1. The largest absolute Gasteiger partial charge is 0.304 e. The molecule has 0 radical (unpaired) electrons. The van der Waals surface area contributed by atoms with Gasteiger partial charge in [-0.3, -0.25) is 14.8 Å². The van der Waals surface area contributed by atoms with Gasteiger partial charge in [-0.2, -0.15) is 9.49 Å². The van der Waals surface area contributed by atoms with Gasteiger partial charge in [-0.05, 0) is 12.1 Å². The second-order valence-corrected chi connectivity index (χ2v) is 5.94. The van der Waals surface area contributed by atoms with Crippen LogP contribution in [-0.2, 0) is 23.6 Å². The van der Waals surface area contributed by atoms with Gasteiger partial charge in [-0.25, -0.2) is 13.1 Å². The molecule has 1 N–H and O–H groups in total. The molecule has 112 valence electrons. The van der Waals surface area contributed by atoms with E-state index in [1.54, 1.807) is 19.3 Å². The van der Waals surface area contributed by atoms with Crippen LogP contribution in [0.2, 0.25) is 0 Å². The van der Waals surface area contributed by atoms with Gasteiger partial charge in [0.15, 0.2) is 0 Å². The van der Waals surface area contributed by atoms with Gasteiger partial charge in [0.2, 0.25) is 15.8 Å². The third-order valence-corrected chi connectivity index (χ3v) is 4.04. The second-order valence-electron chi connectivity index (χ2n) is 4.18. The highest BCUT2D eigenvalue weighted by atomic mass is 32.2. The summed E-state index contributed by atoms with van der Waals surface area (Å²) >= 11 is 0. The number of sulfonamides is 1. The van der Waals surface area contributed by atoms with Crippen LogP contribution in [0.1, 0.15) is 5.69 Å². The van der Waals surface area contributed by atoms with Gasteiger partial charge in [0, 0.05) is 25.4 Å². The van der Waals surface area contributed by atoms with Crippen LogP contribution in [0.4, 0.5) is 10.1 Å². The molecule has 21 heavy (non-hydrogen) atoms. The van der Waals surface area contributed by atoms with Crippen LogP contribution in [0.15, 0.2) is 35.4 Å². The summed E-state index contributed by atoms with van der Waals surface area (Å²) in [7, 11) is -2.29. The number of nitrogens with zero attached hydrogens (tertiary/aromatic N) is 3. The number of hydrogen-bond acceptors (Lipinski definition) is 5. The van der Waals surface area contributed by atoms with E-state index in [2.05, 4.69) is 9.82 Å². The summed E-state index contributed by atoms with van der Waals surface area (Å²) in [5.41, 5.74) is -0.290. The third-order valence-electron chi connectivity index (χ3n) is 2.64. The topological polar surface area (TPSA) is 107 Å². The van der Waals surface area contributed by atoms with E-state index in [1.807, 2.05) is 0 Å². The average molecular weight is 314 g/mol. The van der Waals surface area contributed by atoms with Crippen LogP contribution in [0.5, 0.6) is 0 Å². The second kappa shape index (κ2) is 5.58. The van der Waals surface area contributed by atoms with E-state index in [0.29, 0.717) is 11.8 Å². The number of aromatic nitrogens is 2. The molecule has 0 atom stereocenters. The fourth-order valence-electron chi connectivity index (χ4n) is 1.61. The maximum Gasteiger partial charge on any atom is 0.304 e. The molecular weight excluding hydrogens is 303 g/mol.